The highest BCUT2D eigenvalue weighted by Gasteiger charge is 2.35. The van der Waals surface area contributed by atoms with Crippen molar-refractivity contribution >= 4 is 38.9 Å². The summed E-state index contributed by atoms with van der Waals surface area (Å²) in [6.07, 6.45) is 0. The van der Waals surface area contributed by atoms with Crippen LogP contribution in [0.5, 0.6) is 0 Å². The van der Waals surface area contributed by atoms with Crippen molar-refractivity contribution in [2.45, 2.75) is 19.3 Å². The molecule has 0 unspecified atom stereocenters. The van der Waals surface area contributed by atoms with Gasteiger partial charge in [0.1, 0.15) is 0 Å². The van der Waals surface area contributed by atoms with Crippen LogP contribution in [0.2, 0.25) is 0 Å². The summed E-state index contributed by atoms with van der Waals surface area (Å²) in [5.41, 5.74) is 19.5. The Balaban J connectivity index is 0.965. The SMILES string of the molecule is CC1(C)c2ccccc2-c2ccc(N(c3ccc(-c4ccccc4)cc3)c3ccc(-c4cccc(-c5ccc6c(c5)c5ccccc5n6-c5ccccc5)c4)cc3)cc21. The molecule has 1 aromatic heterocycles. The highest BCUT2D eigenvalue weighted by atomic mass is 15.1. The van der Waals surface area contributed by atoms with E-state index in [1.54, 1.807) is 0 Å². The fourth-order valence-corrected chi connectivity index (χ4v) is 9.40. The Morgan fingerprint density at radius 1 is 0.339 bits per heavy atom. The van der Waals surface area contributed by atoms with Crippen LogP contribution >= 0.6 is 0 Å². The van der Waals surface area contributed by atoms with Crippen LogP contribution in [0.3, 0.4) is 0 Å². The third-order valence-electron chi connectivity index (χ3n) is 12.4. The molecule has 0 saturated carbocycles. The summed E-state index contributed by atoms with van der Waals surface area (Å²) in [7, 11) is 0. The van der Waals surface area contributed by atoms with Gasteiger partial charge in [0.2, 0.25) is 0 Å². The summed E-state index contributed by atoms with van der Waals surface area (Å²) in [4.78, 5) is 2.40. The quantitative estimate of drug-likeness (QED) is 0.157. The molecule has 1 heterocycles. The summed E-state index contributed by atoms with van der Waals surface area (Å²) in [6, 6.07) is 79.8. The second kappa shape index (κ2) is 13.9. The van der Waals surface area contributed by atoms with Crippen molar-refractivity contribution in [3.63, 3.8) is 0 Å². The Morgan fingerprint density at radius 3 is 1.59 bits per heavy atom. The highest BCUT2D eigenvalue weighted by molar-refractivity contribution is 6.10. The molecule has 11 rings (SSSR count). The van der Waals surface area contributed by atoms with E-state index in [4.69, 9.17) is 0 Å². The van der Waals surface area contributed by atoms with E-state index in [1.807, 2.05) is 0 Å². The number of hydrogen-bond acceptors (Lipinski definition) is 1. The number of rotatable bonds is 7. The first-order valence-electron chi connectivity index (χ1n) is 20.5. The Kier molecular flexibility index (Phi) is 8.20. The largest absolute Gasteiger partial charge is 0.310 e. The Hall–Kier alpha value is -7.42. The number of benzene rings is 9. The smallest absolute Gasteiger partial charge is 0.0541 e. The van der Waals surface area contributed by atoms with E-state index < -0.39 is 0 Å². The standard InChI is InChI=1S/C57H42N2/c1-57(2)53-22-11-9-20-49(53)50-34-33-48(38-54(50)57)58(46-29-24-40(25-30-46)39-14-5-3-6-15-39)47-31-26-41(27-32-47)42-16-13-17-43(36-42)44-28-35-56-52(37-44)51-21-10-12-23-55(51)59(56)45-18-7-4-8-19-45/h3-38H,1-2H3. The Bertz CT molecular complexity index is 3150. The van der Waals surface area contributed by atoms with Crippen molar-refractivity contribution in [2.24, 2.45) is 0 Å². The lowest BCUT2D eigenvalue weighted by Gasteiger charge is -2.28. The molecule has 0 spiro atoms. The fourth-order valence-electron chi connectivity index (χ4n) is 9.40. The lowest BCUT2D eigenvalue weighted by molar-refractivity contribution is 0.660. The van der Waals surface area contributed by atoms with E-state index in [0.717, 1.165) is 17.1 Å². The summed E-state index contributed by atoms with van der Waals surface area (Å²) in [6.45, 7) is 4.70. The molecule has 0 amide bonds. The first-order valence-corrected chi connectivity index (χ1v) is 20.5. The predicted molar refractivity (Wildman–Crippen MR) is 249 cm³/mol. The highest BCUT2D eigenvalue weighted by Crippen LogP contribution is 2.50. The number of fused-ring (bicyclic) bond motifs is 6. The van der Waals surface area contributed by atoms with Crippen LogP contribution in [0.15, 0.2) is 218 Å². The molecule has 280 valence electrons. The number of aromatic nitrogens is 1. The molecular formula is C57H42N2. The van der Waals surface area contributed by atoms with Crippen LogP contribution in [0, 0.1) is 0 Å². The minimum absolute atomic E-state index is 0.0941. The summed E-state index contributed by atoms with van der Waals surface area (Å²) >= 11 is 0. The summed E-state index contributed by atoms with van der Waals surface area (Å²) < 4.78 is 2.37. The molecular weight excluding hydrogens is 713 g/mol. The maximum atomic E-state index is 2.41. The van der Waals surface area contributed by atoms with Crippen molar-refractivity contribution in [1.82, 2.24) is 4.57 Å². The van der Waals surface area contributed by atoms with Gasteiger partial charge in [0.15, 0.2) is 0 Å². The van der Waals surface area contributed by atoms with Gasteiger partial charge < -0.3 is 9.47 Å². The maximum Gasteiger partial charge on any atom is 0.0541 e. The Labute approximate surface area is 345 Å². The average Bonchev–Trinajstić information content (AvgIpc) is 3.75. The monoisotopic (exact) mass is 754 g/mol. The van der Waals surface area contributed by atoms with Crippen LogP contribution in [-0.2, 0) is 5.41 Å². The second-order valence-corrected chi connectivity index (χ2v) is 16.2. The molecule has 0 bridgehead atoms. The Morgan fingerprint density at radius 2 is 0.847 bits per heavy atom. The number of hydrogen-bond donors (Lipinski definition) is 0. The molecule has 2 nitrogen and oxygen atoms in total. The normalized spacial score (nSPS) is 12.7. The van der Waals surface area contributed by atoms with Crippen molar-refractivity contribution in [2.75, 3.05) is 4.90 Å². The first-order chi connectivity index (χ1) is 29.0. The van der Waals surface area contributed by atoms with Crippen LogP contribution in [0.1, 0.15) is 25.0 Å². The zero-order valence-corrected chi connectivity index (χ0v) is 33.2. The van der Waals surface area contributed by atoms with E-state index >= 15 is 0 Å². The number of para-hydroxylation sites is 2. The molecule has 0 saturated heterocycles. The molecule has 0 atom stereocenters. The van der Waals surface area contributed by atoms with Crippen LogP contribution < -0.4 is 4.90 Å². The van der Waals surface area contributed by atoms with Crippen molar-refractivity contribution in [3.05, 3.63) is 230 Å². The minimum Gasteiger partial charge on any atom is -0.310 e. The second-order valence-electron chi connectivity index (χ2n) is 16.2. The van der Waals surface area contributed by atoms with Gasteiger partial charge in [-0.05, 0) is 128 Å². The van der Waals surface area contributed by atoms with Crippen LogP contribution in [0.25, 0.3) is 72.0 Å². The molecule has 10 aromatic rings. The van der Waals surface area contributed by atoms with Crippen LogP contribution in [0.4, 0.5) is 17.1 Å². The van der Waals surface area contributed by atoms with Gasteiger partial charge in [-0.2, -0.15) is 0 Å². The molecule has 2 heteroatoms. The molecule has 1 aliphatic carbocycles. The van der Waals surface area contributed by atoms with Gasteiger partial charge in [-0.1, -0.05) is 159 Å². The third-order valence-corrected chi connectivity index (χ3v) is 12.4. The summed E-state index contributed by atoms with van der Waals surface area (Å²) in [5, 5.41) is 2.52. The molecule has 0 N–H and O–H groups in total. The zero-order chi connectivity index (χ0) is 39.5. The van der Waals surface area contributed by atoms with Gasteiger partial charge >= 0.3 is 0 Å². The first kappa shape index (κ1) is 34.8. The lowest BCUT2D eigenvalue weighted by atomic mass is 9.82. The zero-order valence-electron chi connectivity index (χ0n) is 33.2. The third kappa shape index (κ3) is 5.87. The fraction of sp³-hybridized carbons (Fsp3) is 0.0526. The predicted octanol–water partition coefficient (Wildman–Crippen LogP) is 15.6. The molecule has 0 aliphatic heterocycles. The molecule has 0 radical (unpaired) electrons. The van der Waals surface area contributed by atoms with Gasteiger partial charge in [-0.15, -0.1) is 0 Å². The van der Waals surface area contributed by atoms with Gasteiger partial charge in [-0.25, -0.2) is 0 Å². The number of nitrogens with zero attached hydrogens (tertiary/aromatic N) is 2. The van der Waals surface area contributed by atoms with Crippen molar-refractivity contribution in [3.8, 4) is 50.2 Å². The van der Waals surface area contributed by atoms with E-state index in [1.165, 1.54) is 83.1 Å². The summed E-state index contributed by atoms with van der Waals surface area (Å²) in [5.74, 6) is 0. The molecule has 9 aromatic carbocycles. The van der Waals surface area contributed by atoms with Gasteiger partial charge in [0.25, 0.3) is 0 Å². The number of anilines is 3. The van der Waals surface area contributed by atoms with E-state index in [-0.39, 0.29) is 5.41 Å². The van der Waals surface area contributed by atoms with E-state index in [0.29, 0.717) is 0 Å². The average molecular weight is 755 g/mol. The molecule has 59 heavy (non-hydrogen) atoms. The lowest BCUT2D eigenvalue weighted by Crippen LogP contribution is -2.16. The molecule has 1 aliphatic rings. The van der Waals surface area contributed by atoms with Crippen molar-refractivity contribution < 1.29 is 0 Å². The topological polar surface area (TPSA) is 8.17 Å². The van der Waals surface area contributed by atoms with Gasteiger partial charge in [0, 0.05) is 38.9 Å². The minimum atomic E-state index is -0.0941. The van der Waals surface area contributed by atoms with Crippen LogP contribution in [-0.4, -0.2) is 4.57 Å². The van der Waals surface area contributed by atoms with E-state index in [2.05, 4.69) is 242 Å². The van der Waals surface area contributed by atoms with E-state index in [9.17, 15) is 0 Å². The van der Waals surface area contributed by atoms with Gasteiger partial charge in [-0.3, -0.25) is 0 Å². The maximum absolute atomic E-state index is 2.41. The van der Waals surface area contributed by atoms with Crippen molar-refractivity contribution in [1.29, 1.82) is 0 Å². The molecule has 0 fully saturated rings. The van der Waals surface area contributed by atoms with Gasteiger partial charge in [0.05, 0.1) is 11.0 Å².